The van der Waals surface area contributed by atoms with Crippen molar-refractivity contribution in [2.24, 2.45) is 0 Å². The van der Waals surface area contributed by atoms with Gasteiger partial charge in [-0.25, -0.2) is 9.37 Å². The fourth-order valence-corrected chi connectivity index (χ4v) is 3.46. The van der Waals surface area contributed by atoms with Crippen LogP contribution in [0.4, 0.5) is 10.1 Å². The molecular weight excluding hydrogens is 411 g/mol. The molecule has 1 heterocycles. The number of carbonyl (C=O) groups excluding carboxylic acids is 2. The van der Waals surface area contributed by atoms with Crippen LogP contribution in [0, 0.1) is 5.82 Å². The minimum atomic E-state index is -0.545. The number of methoxy groups -OCH3 is 1. The van der Waals surface area contributed by atoms with Crippen LogP contribution in [0.3, 0.4) is 0 Å². The number of benzene rings is 2. The first-order valence-corrected chi connectivity index (χ1v) is 10.3. The molecule has 3 rings (SSSR count). The highest BCUT2D eigenvalue weighted by Crippen LogP contribution is 2.31. The third-order valence-electron chi connectivity index (χ3n) is 5.28. The average Bonchev–Trinajstić information content (AvgIpc) is 2.81. The zero-order valence-corrected chi connectivity index (χ0v) is 18.3. The second kappa shape index (κ2) is 10.0. The summed E-state index contributed by atoms with van der Waals surface area (Å²) in [5, 5.41) is 10.4. The molecule has 1 N–H and O–H groups in total. The van der Waals surface area contributed by atoms with Crippen LogP contribution in [0.25, 0.3) is 11.1 Å². The normalized spacial score (nSPS) is 10.6. The second-order valence-corrected chi connectivity index (χ2v) is 7.30. The first-order valence-electron chi connectivity index (χ1n) is 10.3. The van der Waals surface area contributed by atoms with E-state index in [9.17, 15) is 19.1 Å². The molecule has 0 spiro atoms. The number of hydrogen-bond acceptors (Lipinski definition) is 5. The molecule has 0 fully saturated rings. The zero-order chi connectivity index (χ0) is 23.3. The predicted octanol–water partition coefficient (Wildman–Crippen LogP) is 4.79. The highest BCUT2D eigenvalue weighted by atomic mass is 19.1. The molecule has 3 aromatic rings. The summed E-state index contributed by atoms with van der Waals surface area (Å²) in [6.45, 7) is 1.71. The van der Waals surface area contributed by atoms with E-state index in [0.29, 0.717) is 23.4 Å². The van der Waals surface area contributed by atoms with Gasteiger partial charge in [0.15, 0.2) is 5.78 Å². The lowest BCUT2D eigenvalue weighted by atomic mass is 9.98. The summed E-state index contributed by atoms with van der Waals surface area (Å²) in [6.07, 6.45) is 2.49. The van der Waals surface area contributed by atoms with Gasteiger partial charge in [0.2, 0.25) is 11.8 Å². The van der Waals surface area contributed by atoms with Crippen LogP contribution < -0.4 is 9.64 Å². The number of amides is 1. The standard InChI is InChI=1S/C25H25FN2O4/c1-4-24(31)28(2)21-11-8-17(14-20(21)26)18-7-10-19(23(30)15-18)22(29)12-9-16-6-5-13-27-25(16)32-3/h5-8,10-11,13-15,30H,4,9,12H2,1-3H3. The Balaban J connectivity index is 1.77. The summed E-state index contributed by atoms with van der Waals surface area (Å²) in [4.78, 5) is 29.8. The van der Waals surface area contributed by atoms with E-state index in [1.807, 2.05) is 6.07 Å². The van der Waals surface area contributed by atoms with Gasteiger partial charge in [-0.1, -0.05) is 25.1 Å². The lowest BCUT2D eigenvalue weighted by molar-refractivity contribution is -0.118. The van der Waals surface area contributed by atoms with Gasteiger partial charge in [-0.05, 0) is 47.9 Å². The smallest absolute Gasteiger partial charge is 0.226 e. The fourth-order valence-electron chi connectivity index (χ4n) is 3.46. The zero-order valence-electron chi connectivity index (χ0n) is 18.3. The monoisotopic (exact) mass is 436 g/mol. The van der Waals surface area contributed by atoms with Gasteiger partial charge in [0, 0.05) is 31.6 Å². The Bertz CT molecular complexity index is 1150. The highest BCUT2D eigenvalue weighted by molar-refractivity contribution is 5.99. The number of phenolic OH excluding ortho intramolecular Hbond substituents is 1. The van der Waals surface area contributed by atoms with E-state index in [1.165, 1.54) is 43.3 Å². The van der Waals surface area contributed by atoms with Gasteiger partial charge in [0.25, 0.3) is 0 Å². The van der Waals surface area contributed by atoms with Crippen LogP contribution >= 0.6 is 0 Å². The number of rotatable bonds is 8. The van der Waals surface area contributed by atoms with Gasteiger partial charge in [0.05, 0.1) is 18.4 Å². The fraction of sp³-hybridized carbons (Fsp3) is 0.240. The largest absolute Gasteiger partial charge is 0.507 e. The van der Waals surface area contributed by atoms with Crippen LogP contribution in [0.2, 0.25) is 0 Å². The number of aryl methyl sites for hydroxylation is 1. The third-order valence-corrected chi connectivity index (χ3v) is 5.28. The number of ketones is 1. The van der Waals surface area contributed by atoms with Crippen molar-refractivity contribution in [3.05, 3.63) is 71.7 Å². The predicted molar refractivity (Wildman–Crippen MR) is 121 cm³/mol. The van der Waals surface area contributed by atoms with Crippen molar-refractivity contribution in [2.45, 2.75) is 26.2 Å². The number of carbonyl (C=O) groups is 2. The van der Waals surface area contributed by atoms with Crippen LogP contribution in [0.5, 0.6) is 11.6 Å². The Morgan fingerprint density at radius 2 is 1.84 bits per heavy atom. The number of pyridine rings is 1. The number of hydrogen-bond donors (Lipinski definition) is 1. The molecule has 0 aliphatic carbocycles. The van der Waals surface area contributed by atoms with Gasteiger partial charge < -0.3 is 14.7 Å². The van der Waals surface area contributed by atoms with Crippen LogP contribution in [0.1, 0.15) is 35.7 Å². The number of phenols is 1. The summed E-state index contributed by atoms with van der Waals surface area (Å²) in [5.41, 5.74) is 2.27. The Kier molecular flexibility index (Phi) is 7.20. The van der Waals surface area contributed by atoms with Crippen molar-refractivity contribution in [3.8, 4) is 22.8 Å². The second-order valence-electron chi connectivity index (χ2n) is 7.30. The number of aromatic hydroxyl groups is 1. The molecular formula is C25H25FN2O4. The summed E-state index contributed by atoms with van der Waals surface area (Å²) in [6, 6.07) is 12.7. The molecule has 1 amide bonds. The molecule has 0 atom stereocenters. The molecule has 6 nitrogen and oxygen atoms in total. The van der Waals surface area contributed by atoms with E-state index >= 15 is 0 Å². The van der Waals surface area contributed by atoms with Crippen molar-refractivity contribution in [1.82, 2.24) is 4.98 Å². The van der Waals surface area contributed by atoms with Crippen molar-refractivity contribution >= 4 is 17.4 Å². The van der Waals surface area contributed by atoms with Crippen molar-refractivity contribution < 1.29 is 23.8 Å². The van der Waals surface area contributed by atoms with E-state index in [0.717, 1.165) is 5.56 Å². The lowest BCUT2D eigenvalue weighted by Crippen LogP contribution is -2.25. The van der Waals surface area contributed by atoms with Crippen molar-refractivity contribution in [2.75, 3.05) is 19.1 Å². The highest BCUT2D eigenvalue weighted by Gasteiger charge is 2.16. The summed E-state index contributed by atoms with van der Waals surface area (Å²) in [7, 11) is 3.05. The number of nitrogens with zero attached hydrogens (tertiary/aromatic N) is 2. The van der Waals surface area contributed by atoms with E-state index in [1.54, 1.807) is 31.3 Å². The number of halogens is 1. The van der Waals surface area contributed by atoms with Gasteiger partial charge in [-0.3, -0.25) is 9.59 Å². The van der Waals surface area contributed by atoms with Crippen LogP contribution in [0.15, 0.2) is 54.7 Å². The van der Waals surface area contributed by atoms with Gasteiger partial charge in [0.1, 0.15) is 11.6 Å². The van der Waals surface area contributed by atoms with Gasteiger partial charge in [-0.15, -0.1) is 0 Å². The SMILES string of the molecule is CCC(=O)N(C)c1ccc(-c2ccc(C(=O)CCc3cccnc3OC)c(O)c2)cc1F. The van der Waals surface area contributed by atoms with E-state index in [2.05, 4.69) is 4.98 Å². The number of anilines is 1. The Labute approximate surface area is 186 Å². The minimum absolute atomic E-state index is 0.173. The molecule has 7 heteroatoms. The molecule has 0 radical (unpaired) electrons. The molecule has 0 saturated carbocycles. The maximum atomic E-state index is 14.6. The molecule has 0 aliphatic heterocycles. The Hall–Kier alpha value is -3.74. The average molecular weight is 436 g/mol. The van der Waals surface area contributed by atoms with Crippen molar-refractivity contribution in [1.29, 1.82) is 0 Å². The minimum Gasteiger partial charge on any atom is -0.507 e. The summed E-state index contributed by atoms with van der Waals surface area (Å²) < 4.78 is 19.8. The molecule has 0 unspecified atom stereocenters. The molecule has 0 aliphatic rings. The number of ether oxygens (including phenoxy) is 1. The topological polar surface area (TPSA) is 79.7 Å². The Morgan fingerprint density at radius 3 is 2.50 bits per heavy atom. The lowest BCUT2D eigenvalue weighted by Gasteiger charge is -2.18. The molecule has 0 bridgehead atoms. The maximum absolute atomic E-state index is 14.6. The molecule has 166 valence electrons. The quantitative estimate of drug-likeness (QED) is 0.514. The molecule has 0 saturated heterocycles. The van der Waals surface area contributed by atoms with Crippen molar-refractivity contribution in [3.63, 3.8) is 0 Å². The number of Topliss-reactive ketones (excluding diaryl/α,β-unsaturated/α-hetero) is 1. The summed E-state index contributed by atoms with van der Waals surface area (Å²) >= 11 is 0. The van der Waals surface area contributed by atoms with E-state index in [4.69, 9.17) is 4.74 Å². The Morgan fingerprint density at radius 1 is 1.12 bits per heavy atom. The van der Waals surface area contributed by atoms with Crippen LogP contribution in [-0.4, -0.2) is 35.9 Å². The first kappa shape index (κ1) is 22.9. The molecule has 2 aromatic carbocycles. The summed E-state index contributed by atoms with van der Waals surface area (Å²) in [5.74, 6) is -0.663. The van der Waals surface area contributed by atoms with Gasteiger partial charge >= 0.3 is 0 Å². The number of aromatic nitrogens is 1. The van der Waals surface area contributed by atoms with E-state index < -0.39 is 5.82 Å². The maximum Gasteiger partial charge on any atom is 0.226 e. The molecule has 1 aromatic heterocycles. The molecule has 32 heavy (non-hydrogen) atoms. The van der Waals surface area contributed by atoms with Crippen LogP contribution in [-0.2, 0) is 11.2 Å². The first-order chi connectivity index (χ1) is 15.3. The van der Waals surface area contributed by atoms with Gasteiger partial charge in [-0.2, -0.15) is 0 Å². The van der Waals surface area contributed by atoms with E-state index in [-0.39, 0.29) is 41.5 Å². The third kappa shape index (κ3) is 4.94.